The molecule has 1 aliphatic heterocycles. The lowest BCUT2D eigenvalue weighted by Gasteiger charge is -2.10. The summed E-state index contributed by atoms with van der Waals surface area (Å²) in [5.74, 6) is 0. The van der Waals surface area contributed by atoms with E-state index in [0.717, 1.165) is 13.0 Å². The van der Waals surface area contributed by atoms with Crippen LogP contribution in [0.1, 0.15) is 12.1 Å². The van der Waals surface area contributed by atoms with Crippen LogP contribution in [0.15, 0.2) is 17.4 Å². The normalized spacial score (nSPS) is 19.9. The van der Waals surface area contributed by atoms with Crippen molar-refractivity contribution in [1.82, 2.24) is 20.0 Å². The van der Waals surface area contributed by atoms with Gasteiger partial charge in [0, 0.05) is 24.5 Å². The van der Waals surface area contributed by atoms with E-state index in [1.165, 1.54) is 6.20 Å². The first-order valence-corrected chi connectivity index (χ1v) is 6.59. The van der Waals surface area contributed by atoms with E-state index in [9.17, 15) is 8.42 Å². The average Bonchev–Trinajstić information content (AvgIpc) is 2.70. The van der Waals surface area contributed by atoms with Crippen LogP contribution in [0, 0.1) is 6.92 Å². The van der Waals surface area contributed by atoms with Gasteiger partial charge >= 0.3 is 0 Å². The van der Waals surface area contributed by atoms with Crippen molar-refractivity contribution in [1.29, 1.82) is 0 Å². The number of nitrogens with one attached hydrogen (secondary N) is 2. The summed E-state index contributed by atoms with van der Waals surface area (Å²) in [6.45, 7) is 3.23. The summed E-state index contributed by atoms with van der Waals surface area (Å²) in [5.41, 5.74) is 0.639. The van der Waals surface area contributed by atoms with E-state index in [2.05, 4.69) is 20.0 Å². The molecular weight excluding hydrogens is 264 g/mol. The first kappa shape index (κ1) is 14.3. The smallest absolute Gasteiger partial charge is 0.276 e. The molecule has 0 aromatic carbocycles. The fourth-order valence-corrected chi connectivity index (χ4v) is 2.79. The number of aromatic nitrogens is 2. The maximum Gasteiger partial charge on any atom is 0.276 e. The number of sulfonamides is 1. The molecule has 8 heteroatoms. The van der Waals surface area contributed by atoms with E-state index >= 15 is 0 Å². The van der Waals surface area contributed by atoms with Crippen molar-refractivity contribution < 1.29 is 8.42 Å². The number of aryl methyl sites for hydroxylation is 1. The van der Waals surface area contributed by atoms with Gasteiger partial charge < -0.3 is 5.32 Å². The highest BCUT2D eigenvalue weighted by atomic mass is 35.5. The third kappa shape index (κ3) is 3.60. The van der Waals surface area contributed by atoms with Gasteiger partial charge in [-0.25, -0.2) is 23.1 Å². The van der Waals surface area contributed by atoms with Crippen molar-refractivity contribution >= 4 is 22.4 Å². The Morgan fingerprint density at radius 1 is 1.53 bits per heavy atom. The van der Waals surface area contributed by atoms with Crippen molar-refractivity contribution in [3.8, 4) is 0 Å². The number of halogens is 1. The first-order valence-electron chi connectivity index (χ1n) is 5.10. The summed E-state index contributed by atoms with van der Waals surface area (Å²) in [6, 6.07) is 1.60. The van der Waals surface area contributed by atoms with Gasteiger partial charge in [-0.15, -0.1) is 12.4 Å². The standard InChI is InChI=1S/C9H14N4O2S.ClH/c1-7-2-5-11-9(12-7)16(14,15)13-8-3-4-10-6-8;/h2,5,8,10,13H,3-4,6H2,1H3;1H/t8-;/m1./s1. The van der Waals surface area contributed by atoms with E-state index in [4.69, 9.17) is 0 Å². The summed E-state index contributed by atoms with van der Waals surface area (Å²) < 4.78 is 26.3. The molecule has 1 aromatic rings. The minimum Gasteiger partial charge on any atom is -0.315 e. The van der Waals surface area contributed by atoms with Crippen molar-refractivity contribution in [3.05, 3.63) is 18.0 Å². The highest BCUT2D eigenvalue weighted by molar-refractivity contribution is 7.89. The van der Waals surface area contributed by atoms with Gasteiger partial charge in [-0.05, 0) is 26.0 Å². The molecule has 0 aliphatic carbocycles. The fraction of sp³-hybridized carbons (Fsp3) is 0.556. The van der Waals surface area contributed by atoms with E-state index < -0.39 is 10.0 Å². The molecule has 1 fully saturated rings. The van der Waals surface area contributed by atoms with Gasteiger partial charge in [0.25, 0.3) is 15.2 Å². The molecule has 1 saturated heterocycles. The molecule has 0 spiro atoms. The van der Waals surface area contributed by atoms with Gasteiger partial charge in [-0.1, -0.05) is 0 Å². The molecule has 0 bridgehead atoms. The van der Waals surface area contributed by atoms with E-state index in [0.29, 0.717) is 12.2 Å². The zero-order chi connectivity index (χ0) is 11.6. The predicted octanol–water partition coefficient (Wildman–Crippen LogP) is -0.153. The van der Waals surface area contributed by atoms with Gasteiger partial charge in [0.05, 0.1) is 0 Å². The molecule has 96 valence electrons. The molecule has 1 atom stereocenters. The molecule has 1 aliphatic rings. The van der Waals surface area contributed by atoms with Gasteiger partial charge in [0.15, 0.2) is 0 Å². The summed E-state index contributed by atoms with van der Waals surface area (Å²) in [6.07, 6.45) is 2.24. The Bertz CT molecular complexity index is 474. The maximum atomic E-state index is 11.9. The Morgan fingerprint density at radius 3 is 2.88 bits per heavy atom. The lowest BCUT2D eigenvalue weighted by atomic mass is 10.3. The summed E-state index contributed by atoms with van der Waals surface area (Å²) in [7, 11) is -3.58. The van der Waals surface area contributed by atoms with Gasteiger partial charge in [-0.3, -0.25) is 0 Å². The lowest BCUT2D eigenvalue weighted by Crippen LogP contribution is -2.37. The number of hydrogen-bond donors (Lipinski definition) is 2. The number of hydrogen-bond acceptors (Lipinski definition) is 5. The zero-order valence-corrected chi connectivity index (χ0v) is 11.0. The van der Waals surface area contributed by atoms with Crippen molar-refractivity contribution in [2.24, 2.45) is 0 Å². The number of nitrogens with zero attached hydrogens (tertiary/aromatic N) is 2. The molecule has 2 heterocycles. The molecule has 2 rings (SSSR count). The summed E-state index contributed by atoms with van der Waals surface area (Å²) in [4.78, 5) is 7.68. The van der Waals surface area contributed by atoms with Crippen LogP contribution in [0.2, 0.25) is 0 Å². The molecule has 0 radical (unpaired) electrons. The van der Waals surface area contributed by atoms with Crippen LogP contribution >= 0.6 is 12.4 Å². The second kappa shape index (κ2) is 5.72. The number of rotatable bonds is 3. The molecule has 0 amide bonds. The van der Waals surface area contributed by atoms with Crippen LogP contribution in [-0.4, -0.2) is 37.5 Å². The second-order valence-electron chi connectivity index (χ2n) is 3.79. The minimum absolute atomic E-state index is 0. The first-order chi connectivity index (χ1) is 7.58. The van der Waals surface area contributed by atoms with Crippen molar-refractivity contribution in [3.63, 3.8) is 0 Å². The Hall–Kier alpha value is -0.760. The van der Waals surface area contributed by atoms with Crippen LogP contribution in [0.5, 0.6) is 0 Å². The Labute approximate surface area is 107 Å². The van der Waals surface area contributed by atoms with E-state index in [-0.39, 0.29) is 23.6 Å². The second-order valence-corrected chi connectivity index (χ2v) is 5.40. The van der Waals surface area contributed by atoms with Gasteiger partial charge in [-0.2, -0.15) is 0 Å². The van der Waals surface area contributed by atoms with Crippen molar-refractivity contribution in [2.75, 3.05) is 13.1 Å². The monoisotopic (exact) mass is 278 g/mol. The SMILES string of the molecule is Cc1ccnc(S(=O)(=O)N[C@@H]2CCNC2)n1.Cl. The third-order valence-electron chi connectivity index (χ3n) is 2.40. The molecule has 1 aromatic heterocycles. The topological polar surface area (TPSA) is 84.0 Å². The van der Waals surface area contributed by atoms with E-state index in [1.807, 2.05) is 0 Å². The largest absolute Gasteiger partial charge is 0.315 e. The van der Waals surface area contributed by atoms with Gasteiger partial charge in [0.1, 0.15) is 0 Å². The highest BCUT2D eigenvalue weighted by Crippen LogP contribution is 2.06. The van der Waals surface area contributed by atoms with E-state index in [1.54, 1.807) is 13.0 Å². The quantitative estimate of drug-likeness (QED) is 0.751. The molecule has 0 unspecified atom stereocenters. The van der Waals surface area contributed by atoms with Crippen LogP contribution in [0.3, 0.4) is 0 Å². The van der Waals surface area contributed by atoms with Crippen LogP contribution in [-0.2, 0) is 10.0 Å². The summed E-state index contributed by atoms with van der Waals surface area (Å²) >= 11 is 0. The molecule has 2 N–H and O–H groups in total. The Kier molecular flexibility index (Phi) is 4.81. The van der Waals surface area contributed by atoms with Gasteiger partial charge in [0.2, 0.25) is 0 Å². The lowest BCUT2D eigenvalue weighted by molar-refractivity contribution is 0.551. The highest BCUT2D eigenvalue weighted by Gasteiger charge is 2.24. The third-order valence-corrected chi connectivity index (χ3v) is 3.72. The van der Waals surface area contributed by atoms with Crippen LogP contribution in [0.4, 0.5) is 0 Å². The predicted molar refractivity (Wildman–Crippen MR) is 65.6 cm³/mol. The summed E-state index contributed by atoms with van der Waals surface area (Å²) in [5, 5.41) is 2.94. The molecule has 0 saturated carbocycles. The van der Waals surface area contributed by atoms with Crippen LogP contribution < -0.4 is 10.0 Å². The zero-order valence-electron chi connectivity index (χ0n) is 9.38. The fourth-order valence-electron chi connectivity index (χ4n) is 1.58. The molecule has 6 nitrogen and oxygen atoms in total. The minimum atomic E-state index is -3.58. The maximum absolute atomic E-state index is 11.9. The van der Waals surface area contributed by atoms with Crippen molar-refractivity contribution in [2.45, 2.75) is 24.5 Å². The Morgan fingerprint density at radius 2 is 2.29 bits per heavy atom. The molecular formula is C9H15ClN4O2S. The van der Waals surface area contributed by atoms with Crippen LogP contribution in [0.25, 0.3) is 0 Å². The Balaban J connectivity index is 0.00000144. The average molecular weight is 279 g/mol. The molecule has 17 heavy (non-hydrogen) atoms.